The number of hydrogen-bond acceptors (Lipinski definition) is 1. The first-order valence-electron chi connectivity index (χ1n) is 6.11. The molecule has 0 aliphatic heterocycles. The molecule has 0 saturated heterocycles. The van der Waals surface area contributed by atoms with Crippen LogP contribution in [0, 0.1) is 12.3 Å². The molecule has 0 aliphatic carbocycles. The maximum absolute atomic E-state index is 6.10. The quantitative estimate of drug-likeness (QED) is 0.699. The van der Waals surface area contributed by atoms with Crippen molar-refractivity contribution in [1.29, 1.82) is 0 Å². The Morgan fingerprint density at radius 1 is 1.35 bits per heavy atom. The van der Waals surface area contributed by atoms with Crippen molar-refractivity contribution in [1.82, 2.24) is 0 Å². The molecule has 96 valence electrons. The van der Waals surface area contributed by atoms with Crippen LogP contribution in [0.3, 0.4) is 0 Å². The van der Waals surface area contributed by atoms with Crippen LogP contribution in [-0.4, -0.2) is 12.5 Å². The third-order valence-corrected chi connectivity index (χ3v) is 3.09. The monoisotopic (exact) mass is 254 g/mol. The molecule has 17 heavy (non-hydrogen) atoms. The summed E-state index contributed by atoms with van der Waals surface area (Å²) < 4.78 is 5.42. The van der Waals surface area contributed by atoms with Gasteiger partial charge in [0.05, 0.1) is 7.11 Å². The Kier molecular flexibility index (Phi) is 4.88. The second-order valence-corrected chi connectivity index (χ2v) is 6.39. The van der Waals surface area contributed by atoms with Gasteiger partial charge in [-0.05, 0) is 43.7 Å². The highest BCUT2D eigenvalue weighted by molar-refractivity contribution is 6.20. The lowest BCUT2D eigenvalue weighted by molar-refractivity contribution is 0.323. The van der Waals surface area contributed by atoms with Crippen molar-refractivity contribution in [3.05, 3.63) is 29.3 Å². The average Bonchev–Trinajstić information content (AvgIpc) is 2.14. The van der Waals surface area contributed by atoms with Crippen LogP contribution >= 0.6 is 11.6 Å². The number of ether oxygens (including phenoxy) is 1. The van der Waals surface area contributed by atoms with Crippen LogP contribution in [0.5, 0.6) is 5.75 Å². The Bertz CT molecular complexity index is 369. The van der Waals surface area contributed by atoms with E-state index in [1.54, 1.807) is 7.11 Å². The fourth-order valence-corrected chi connectivity index (χ4v) is 2.81. The van der Waals surface area contributed by atoms with E-state index in [1.807, 2.05) is 6.07 Å². The molecule has 0 N–H and O–H groups in total. The van der Waals surface area contributed by atoms with Gasteiger partial charge in [0, 0.05) is 5.38 Å². The Hall–Kier alpha value is -0.690. The third-order valence-electron chi connectivity index (χ3n) is 2.94. The lowest BCUT2D eigenvalue weighted by Gasteiger charge is -2.27. The van der Waals surface area contributed by atoms with Crippen molar-refractivity contribution in [2.24, 2.45) is 5.41 Å². The molecule has 0 amide bonds. The van der Waals surface area contributed by atoms with E-state index in [1.165, 1.54) is 11.1 Å². The SMILES string of the molecule is COc1ccc(C)cc1CC(C)(C)CC(C)Cl. The molecule has 0 radical (unpaired) electrons. The van der Waals surface area contributed by atoms with Crippen molar-refractivity contribution in [2.75, 3.05) is 7.11 Å². The van der Waals surface area contributed by atoms with Gasteiger partial charge in [0.25, 0.3) is 0 Å². The van der Waals surface area contributed by atoms with E-state index in [9.17, 15) is 0 Å². The summed E-state index contributed by atoms with van der Waals surface area (Å²) >= 11 is 6.10. The second kappa shape index (κ2) is 5.77. The van der Waals surface area contributed by atoms with Gasteiger partial charge in [0.1, 0.15) is 5.75 Å². The predicted molar refractivity (Wildman–Crippen MR) is 75.1 cm³/mol. The maximum Gasteiger partial charge on any atom is 0.122 e. The molecule has 2 heteroatoms. The van der Waals surface area contributed by atoms with Crippen LogP contribution < -0.4 is 4.74 Å². The van der Waals surface area contributed by atoms with Crippen LogP contribution in [0.2, 0.25) is 0 Å². The number of hydrogen-bond donors (Lipinski definition) is 0. The minimum Gasteiger partial charge on any atom is -0.496 e. The molecule has 0 saturated carbocycles. The van der Waals surface area contributed by atoms with Gasteiger partial charge in [-0.1, -0.05) is 31.5 Å². The second-order valence-electron chi connectivity index (χ2n) is 5.64. The van der Waals surface area contributed by atoms with Crippen LogP contribution in [0.4, 0.5) is 0 Å². The van der Waals surface area contributed by atoms with Crippen molar-refractivity contribution in [3.8, 4) is 5.75 Å². The first-order chi connectivity index (χ1) is 7.84. The zero-order valence-corrected chi connectivity index (χ0v) is 12.3. The molecule has 1 nitrogen and oxygen atoms in total. The Morgan fingerprint density at radius 3 is 2.53 bits per heavy atom. The summed E-state index contributed by atoms with van der Waals surface area (Å²) in [5.41, 5.74) is 2.74. The van der Waals surface area contributed by atoms with Crippen molar-refractivity contribution in [2.45, 2.75) is 45.9 Å². The van der Waals surface area contributed by atoms with Gasteiger partial charge in [0.15, 0.2) is 0 Å². The molecule has 1 atom stereocenters. The molecule has 0 fully saturated rings. The fraction of sp³-hybridized carbons (Fsp3) is 0.600. The Morgan fingerprint density at radius 2 is 2.00 bits per heavy atom. The highest BCUT2D eigenvalue weighted by Gasteiger charge is 2.22. The Labute approximate surface area is 110 Å². The zero-order chi connectivity index (χ0) is 13.1. The molecule has 0 heterocycles. The topological polar surface area (TPSA) is 9.23 Å². The highest BCUT2D eigenvalue weighted by Crippen LogP contribution is 2.33. The van der Waals surface area contributed by atoms with E-state index < -0.39 is 0 Å². The summed E-state index contributed by atoms with van der Waals surface area (Å²) in [6.07, 6.45) is 2.00. The van der Waals surface area contributed by atoms with Gasteiger partial charge >= 0.3 is 0 Å². The number of rotatable bonds is 5. The zero-order valence-electron chi connectivity index (χ0n) is 11.5. The van der Waals surface area contributed by atoms with Crippen molar-refractivity contribution >= 4 is 11.6 Å². The van der Waals surface area contributed by atoms with Gasteiger partial charge in [-0.3, -0.25) is 0 Å². The van der Waals surface area contributed by atoms with Gasteiger partial charge in [0.2, 0.25) is 0 Å². The van der Waals surface area contributed by atoms with E-state index in [4.69, 9.17) is 16.3 Å². The summed E-state index contributed by atoms with van der Waals surface area (Å²) in [7, 11) is 1.73. The number of aryl methyl sites for hydroxylation is 1. The predicted octanol–water partition coefficient (Wildman–Crippen LogP) is 4.59. The summed E-state index contributed by atoms with van der Waals surface area (Å²) in [5, 5.41) is 0.209. The largest absolute Gasteiger partial charge is 0.496 e. The van der Waals surface area contributed by atoms with Gasteiger partial charge in [-0.25, -0.2) is 0 Å². The normalized spacial score (nSPS) is 13.5. The molecular weight excluding hydrogens is 232 g/mol. The molecule has 1 rings (SSSR count). The van der Waals surface area contributed by atoms with Gasteiger partial charge in [-0.15, -0.1) is 11.6 Å². The van der Waals surface area contributed by atoms with Crippen LogP contribution in [0.15, 0.2) is 18.2 Å². The van der Waals surface area contributed by atoms with Gasteiger partial charge in [-0.2, -0.15) is 0 Å². The lowest BCUT2D eigenvalue weighted by atomic mass is 9.81. The fourth-order valence-electron chi connectivity index (χ4n) is 2.39. The first kappa shape index (κ1) is 14.4. The summed E-state index contributed by atoms with van der Waals surface area (Å²) in [5.74, 6) is 0.978. The van der Waals surface area contributed by atoms with Crippen LogP contribution in [0.1, 0.15) is 38.3 Å². The van der Waals surface area contributed by atoms with Crippen LogP contribution in [0.25, 0.3) is 0 Å². The van der Waals surface area contributed by atoms with Crippen LogP contribution in [-0.2, 0) is 6.42 Å². The lowest BCUT2D eigenvalue weighted by Crippen LogP contribution is -2.19. The molecular formula is C15H23ClO. The third kappa shape index (κ3) is 4.59. The summed E-state index contributed by atoms with van der Waals surface area (Å²) in [6, 6.07) is 6.34. The first-order valence-corrected chi connectivity index (χ1v) is 6.55. The number of benzene rings is 1. The summed E-state index contributed by atoms with van der Waals surface area (Å²) in [6.45, 7) is 8.68. The molecule has 0 aliphatic rings. The molecule has 1 aromatic carbocycles. The minimum atomic E-state index is 0.197. The molecule has 1 unspecified atom stereocenters. The standard InChI is InChI=1S/C15H23ClO/c1-11-6-7-14(17-5)13(8-11)10-15(3,4)9-12(2)16/h6-8,12H,9-10H2,1-5H3. The van der Waals surface area contributed by atoms with Crippen molar-refractivity contribution < 1.29 is 4.74 Å². The number of alkyl halides is 1. The molecule has 0 aromatic heterocycles. The highest BCUT2D eigenvalue weighted by atomic mass is 35.5. The average molecular weight is 255 g/mol. The van der Waals surface area contributed by atoms with E-state index in [2.05, 4.69) is 39.8 Å². The smallest absolute Gasteiger partial charge is 0.122 e. The van der Waals surface area contributed by atoms with E-state index in [0.717, 1.165) is 18.6 Å². The summed E-state index contributed by atoms with van der Waals surface area (Å²) in [4.78, 5) is 0. The molecule has 1 aromatic rings. The van der Waals surface area contributed by atoms with E-state index in [-0.39, 0.29) is 10.8 Å². The number of methoxy groups -OCH3 is 1. The molecule has 0 spiro atoms. The van der Waals surface area contributed by atoms with E-state index >= 15 is 0 Å². The van der Waals surface area contributed by atoms with Crippen molar-refractivity contribution in [3.63, 3.8) is 0 Å². The minimum absolute atomic E-state index is 0.197. The number of halogens is 1. The van der Waals surface area contributed by atoms with Gasteiger partial charge < -0.3 is 4.74 Å². The Balaban J connectivity index is 2.89. The van der Waals surface area contributed by atoms with E-state index in [0.29, 0.717) is 0 Å². The maximum atomic E-state index is 6.10. The molecule has 0 bridgehead atoms.